The fourth-order valence-corrected chi connectivity index (χ4v) is 6.71. The fourth-order valence-electron chi connectivity index (χ4n) is 6.71. The monoisotopic (exact) mass is 567 g/mol. The molecule has 3 aliphatic heterocycles. The molecule has 220 valence electrons. The summed E-state index contributed by atoms with van der Waals surface area (Å²) in [7, 11) is 1.85. The van der Waals surface area contributed by atoms with E-state index in [1.807, 2.05) is 65.6 Å². The molecule has 3 aliphatic rings. The number of hydrogen-bond acceptors (Lipinski definition) is 6. The van der Waals surface area contributed by atoms with Crippen molar-refractivity contribution in [3.8, 4) is 11.1 Å². The third-order valence-electron chi connectivity index (χ3n) is 8.62. The molecule has 5 heterocycles. The quantitative estimate of drug-likeness (QED) is 0.376. The van der Waals surface area contributed by atoms with Gasteiger partial charge in [0.15, 0.2) is 0 Å². The van der Waals surface area contributed by atoms with Crippen molar-refractivity contribution in [2.45, 2.75) is 78.6 Å². The van der Waals surface area contributed by atoms with E-state index in [9.17, 15) is 4.79 Å². The lowest BCUT2D eigenvalue weighted by atomic mass is 9.79. The van der Waals surface area contributed by atoms with Crippen molar-refractivity contribution in [2.24, 2.45) is 12.5 Å². The first kappa shape index (κ1) is 27.9. The van der Waals surface area contributed by atoms with Crippen molar-refractivity contribution < 1.29 is 23.0 Å². The highest BCUT2D eigenvalue weighted by Gasteiger charge is 2.51. The summed E-state index contributed by atoms with van der Waals surface area (Å²) in [6.07, 6.45) is 0.0232. The van der Waals surface area contributed by atoms with Gasteiger partial charge in [-0.1, -0.05) is 12.1 Å². The van der Waals surface area contributed by atoms with Gasteiger partial charge in [0.2, 0.25) is 0 Å². The van der Waals surface area contributed by atoms with Crippen LogP contribution >= 0.6 is 0 Å². The van der Waals surface area contributed by atoms with Crippen LogP contribution in [0.2, 0.25) is 0 Å². The van der Waals surface area contributed by atoms with Crippen LogP contribution in [0.4, 0.5) is 19.4 Å². The lowest BCUT2D eigenvalue weighted by Gasteiger charge is -2.47. The number of halogens is 2. The number of pyridine rings is 1. The normalized spacial score (nSPS) is 19.7. The van der Waals surface area contributed by atoms with E-state index in [0.29, 0.717) is 44.0 Å². The van der Waals surface area contributed by atoms with Crippen LogP contribution in [-0.4, -0.2) is 63.1 Å². The molecule has 1 amide bonds. The minimum Gasteiger partial charge on any atom is -0.444 e. The Morgan fingerprint density at radius 2 is 1.88 bits per heavy atom. The van der Waals surface area contributed by atoms with Gasteiger partial charge in [-0.05, 0) is 53.5 Å². The van der Waals surface area contributed by atoms with Gasteiger partial charge in [-0.15, -0.1) is 0 Å². The molecular weight excluding hydrogens is 528 g/mol. The van der Waals surface area contributed by atoms with Gasteiger partial charge in [-0.2, -0.15) is 5.10 Å². The fraction of sp³-hybridized carbons (Fsp3) is 0.581. The summed E-state index contributed by atoms with van der Waals surface area (Å²) in [4.78, 5) is 21.3. The summed E-state index contributed by atoms with van der Waals surface area (Å²) in [5, 5.41) is 5.34. The van der Waals surface area contributed by atoms with E-state index in [2.05, 4.69) is 5.10 Å². The second-order valence-electron chi connectivity index (χ2n) is 13.6. The number of hydrogen-bond donors (Lipinski definition) is 0. The van der Waals surface area contributed by atoms with Crippen LogP contribution in [0.25, 0.3) is 22.0 Å². The van der Waals surface area contributed by atoms with Crippen LogP contribution in [0.1, 0.15) is 69.8 Å². The van der Waals surface area contributed by atoms with Gasteiger partial charge in [0.05, 0.1) is 35.2 Å². The number of fused-ring (bicyclic) bond motifs is 2. The van der Waals surface area contributed by atoms with Crippen LogP contribution in [-0.2, 0) is 29.5 Å². The van der Waals surface area contributed by atoms with Gasteiger partial charge < -0.3 is 19.3 Å². The van der Waals surface area contributed by atoms with Gasteiger partial charge in [-0.3, -0.25) is 4.68 Å². The van der Waals surface area contributed by atoms with Crippen molar-refractivity contribution >= 4 is 22.8 Å². The first-order chi connectivity index (χ1) is 19.2. The standard InChI is InChI=1S/C31H39F2N5O3/c1-18-8-9-19-13-34-36(7)25(19)22(18)23-20-14-40-30(5,6)12-21(20)35-27(24(23)26(32)33)37-11-10-31(15-37)16-38(17-31)28(39)41-29(2,3)4/h8-9,13,26H,10-12,14-17H2,1-7H3. The SMILES string of the molecule is Cc1ccc2cnn(C)c2c1-c1c2c(nc(N3CCC4(CN(C(=O)OC(C)(C)C)C4)C3)c1C(F)F)CC(C)(C)OC2. The number of carbonyl (C=O) groups excluding carboxylic acids is 1. The van der Waals surface area contributed by atoms with E-state index in [0.717, 1.165) is 39.7 Å². The van der Waals surface area contributed by atoms with Crippen LogP contribution < -0.4 is 4.90 Å². The summed E-state index contributed by atoms with van der Waals surface area (Å²) in [5.74, 6) is 0.345. The lowest BCUT2D eigenvalue weighted by Crippen LogP contribution is -2.60. The highest BCUT2D eigenvalue weighted by atomic mass is 19.3. The van der Waals surface area contributed by atoms with E-state index in [-0.39, 0.29) is 23.7 Å². The number of likely N-dealkylation sites (tertiary alicyclic amines) is 1. The molecule has 2 saturated heterocycles. The molecular formula is C31H39F2N5O3. The largest absolute Gasteiger partial charge is 0.444 e. The number of alkyl halides is 2. The smallest absolute Gasteiger partial charge is 0.410 e. The molecule has 0 bridgehead atoms. The number of aryl methyl sites for hydroxylation is 2. The zero-order chi connectivity index (χ0) is 29.5. The molecule has 8 nitrogen and oxygen atoms in total. The molecule has 0 saturated carbocycles. The number of aromatic nitrogens is 3. The molecule has 2 aromatic heterocycles. The van der Waals surface area contributed by atoms with Gasteiger partial charge in [0.1, 0.15) is 11.4 Å². The molecule has 2 fully saturated rings. The Morgan fingerprint density at radius 3 is 2.56 bits per heavy atom. The maximum Gasteiger partial charge on any atom is 0.410 e. The number of benzene rings is 1. The van der Waals surface area contributed by atoms with E-state index < -0.39 is 17.6 Å². The molecule has 0 radical (unpaired) electrons. The average Bonchev–Trinajstić information content (AvgIpc) is 3.45. The van der Waals surface area contributed by atoms with E-state index in [4.69, 9.17) is 14.5 Å². The second-order valence-corrected chi connectivity index (χ2v) is 13.6. The van der Waals surface area contributed by atoms with Crippen LogP contribution in [0.15, 0.2) is 18.3 Å². The lowest BCUT2D eigenvalue weighted by molar-refractivity contribution is -0.0411. The third-order valence-corrected chi connectivity index (χ3v) is 8.62. The van der Waals surface area contributed by atoms with Crippen molar-refractivity contribution in [2.75, 3.05) is 31.1 Å². The molecule has 3 aromatic rings. The second kappa shape index (κ2) is 9.37. The Hall–Kier alpha value is -3.27. The Labute approximate surface area is 239 Å². The van der Waals surface area contributed by atoms with Gasteiger partial charge in [-0.25, -0.2) is 18.6 Å². The molecule has 41 heavy (non-hydrogen) atoms. The van der Waals surface area contributed by atoms with Gasteiger partial charge in [0.25, 0.3) is 6.43 Å². The molecule has 1 spiro atoms. The highest BCUT2D eigenvalue weighted by molar-refractivity contribution is 5.98. The minimum absolute atomic E-state index is 0.0516. The Kier molecular flexibility index (Phi) is 6.37. The summed E-state index contributed by atoms with van der Waals surface area (Å²) in [6.45, 7) is 14.0. The Bertz CT molecular complexity index is 1530. The summed E-state index contributed by atoms with van der Waals surface area (Å²) in [5.41, 5.74) is 3.30. The van der Waals surface area contributed by atoms with E-state index in [1.54, 1.807) is 15.8 Å². The topological polar surface area (TPSA) is 72.7 Å². The van der Waals surface area contributed by atoms with Crippen molar-refractivity contribution in [3.05, 3.63) is 40.7 Å². The molecule has 10 heteroatoms. The van der Waals surface area contributed by atoms with Crippen LogP contribution in [0.3, 0.4) is 0 Å². The zero-order valence-electron chi connectivity index (χ0n) is 25.0. The van der Waals surface area contributed by atoms with Crippen LogP contribution in [0.5, 0.6) is 0 Å². The number of rotatable bonds is 3. The number of amides is 1. The Balaban J connectivity index is 1.45. The van der Waals surface area contributed by atoms with E-state index in [1.165, 1.54) is 0 Å². The zero-order valence-corrected chi connectivity index (χ0v) is 25.0. The van der Waals surface area contributed by atoms with Crippen molar-refractivity contribution in [1.29, 1.82) is 0 Å². The first-order valence-electron chi connectivity index (χ1n) is 14.3. The molecule has 6 rings (SSSR count). The number of carbonyl (C=O) groups is 1. The average molecular weight is 568 g/mol. The number of ether oxygens (including phenoxy) is 2. The highest BCUT2D eigenvalue weighted by Crippen LogP contribution is 2.49. The van der Waals surface area contributed by atoms with Crippen molar-refractivity contribution in [1.82, 2.24) is 19.7 Å². The predicted octanol–water partition coefficient (Wildman–Crippen LogP) is 6.18. The Morgan fingerprint density at radius 1 is 1.15 bits per heavy atom. The molecule has 0 atom stereocenters. The molecule has 1 aromatic carbocycles. The van der Waals surface area contributed by atoms with Gasteiger partial charge in [0, 0.05) is 67.1 Å². The summed E-state index contributed by atoms with van der Waals surface area (Å²) in [6, 6.07) is 3.95. The maximum atomic E-state index is 15.3. The maximum absolute atomic E-state index is 15.3. The summed E-state index contributed by atoms with van der Waals surface area (Å²) >= 11 is 0. The number of anilines is 1. The van der Waals surface area contributed by atoms with Crippen LogP contribution in [0, 0.1) is 12.3 Å². The first-order valence-corrected chi connectivity index (χ1v) is 14.3. The predicted molar refractivity (Wildman–Crippen MR) is 153 cm³/mol. The number of nitrogens with zero attached hydrogens (tertiary/aromatic N) is 5. The third kappa shape index (κ3) is 4.83. The molecule has 0 N–H and O–H groups in total. The van der Waals surface area contributed by atoms with E-state index >= 15 is 8.78 Å². The minimum atomic E-state index is -2.74. The summed E-state index contributed by atoms with van der Waals surface area (Å²) < 4.78 is 44.1. The molecule has 0 unspecified atom stereocenters. The van der Waals surface area contributed by atoms with Gasteiger partial charge >= 0.3 is 6.09 Å². The van der Waals surface area contributed by atoms with Crippen molar-refractivity contribution in [3.63, 3.8) is 0 Å². The molecule has 0 aliphatic carbocycles.